The highest BCUT2D eigenvalue weighted by Gasteiger charge is 2.22. The molecule has 0 fully saturated rings. The second-order valence-electron chi connectivity index (χ2n) is 5.15. The van der Waals surface area contributed by atoms with Crippen molar-refractivity contribution in [2.24, 2.45) is 0 Å². The summed E-state index contributed by atoms with van der Waals surface area (Å²) in [6.45, 7) is 9.73. The highest BCUT2D eigenvalue weighted by molar-refractivity contribution is 6.05. The van der Waals surface area contributed by atoms with E-state index in [1.165, 1.54) is 0 Å². The Kier molecular flexibility index (Phi) is 5.35. The first-order valence-electron chi connectivity index (χ1n) is 7.90. The Hall–Kier alpha value is -2.11. The molecule has 6 heteroatoms. The molecule has 0 amide bonds. The van der Waals surface area contributed by atoms with Crippen molar-refractivity contribution < 1.29 is 9.53 Å². The maximum Gasteiger partial charge on any atom is 0.342 e. The first-order valence-corrected chi connectivity index (χ1v) is 7.90. The number of ether oxygens (including phenoxy) is 1. The van der Waals surface area contributed by atoms with E-state index in [1.807, 2.05) is 18.4 Å². The van der Waals surface area contributed by atoms with Gasteiger partial charge >= 0.3 is 5.97 Å². The lowest BCUT2D eigenvalue weighted by Gasteiger charge is -2.12. The molecule has 0 aromatic carbocycles. The first kappa shape index (κ1) is 16.3. The fraction of sp³-hybridized carbons (Fsp3) is 0.562. The van der Waals surface area contributed by atoms with Gasteiger partial charge in [0.1, 0.15) is 11.1 Å². The van der Waals surface area contributed by atoms with E-state index in [0.29, 0.717) is 17.9 Å². The molecule has 0 atom stereocenters. The first-order chi connectivity index (χ1) is 10.6. The summed E-state index contributed by atoms with van der Waals surface area (Å²) in [6, 6.07) is 0. The molecule has 0 unspecified atom stereocenters. The largest absolute Gasteiger partial charge is 0.462 e. The Morgan fingerprint density at radius 2 is 2.14 bits per heavy atom. The molecule has 0 radical (unpaired) electrons. The molecular formula is C16H24N4O2. The predicted octanol–water partition coefficient (Wildman–Crippen LogP) is 3.15. The van der Waals surface area contributed by atoms with Crippen LogP contribution < -0.4 is 5.32 Å². The number of pyridine rings is 1. The van der Waals surface area contributed by atoms with Crippen LogP contribution in [0.15, 0.2) is 6.33 Å². The Labute approximate surface area is 130 Å². The number of carbonyl (C=O) groups excluding carboxylic acids is 1. The fourth-order valence-corrected chi connectivity index (χ4v) is 2.46. The number of rotatable bonds is 7. The normalized spacial score (nSPS) is 10.9. The molecule has 2 aromatic rings. The van der Waals surface area contributed by atoms with Crippen molar-refractivity contribution in [3.8, 4) is 0 Å². The van der Waals surface area contributed by atoms with E-state index < -0.39 is 0 Å². The Morgan fingerprint density at radius 1 is 1.36 bits per heavy atom. The zero-order valence-corrected chi connectivity index (χ0v) is 13.8. The molecule has 0 bridgehead atoms. The average Bonchev–Trinajstić information content (AvgIpc) is 2.91. The quantitative estimate of drug-likeness (QED) is 0.628. The number of aromatic nitrogens is 3. The molecule has 22 heavy (non-hydrogen) atoms. The van der Waals surface area contributed by atoms with Crippen LogP contribution in [0.1, 0.15) is 49.7 Å². The zero-order valence-electron chi connectivity index (χ0n) is 13.8. The molecule has 2 aromatic heterocycles. The summed E-state index contributed by atoms with van der Waals surface area (Å²) >= 11 is 0. The van der Waals surface area contributed by atoms with Crippen LogP contribution in [0.2, 0.25) is 0 Å². The summed E-state index contributed by atoms with van der Waals surface area (Å²) in [5.41, 5.74) is 2.71. The number of anilines is 1. The van der Waals surface area contributed by atoms with E-state index in [9.17, 15) is 4.79 Å². The van der Waals surface area contributed by atoms with Gasteiger partial charge in [-0.1, -0.05) is 13.3 Å². The second-order valence-corrected chi connectivity index (χ2v) is 5.15. The van der Waals surface area contributed by atoms with Crippen molar-refractivity contribution in [3.05, 3.63) is 17.6 Å². The minimum atomic E-state index is -0.340. The number of nitrogens with zero attached hydrogens (tertiary/aromatic N) is 3. The maximum atomic E-state index is 12.3. The van der Waals surface area contributed by atoms with Crippen LogP contribution in [0.4, 0.5) is 5.82 Å². The van der Waals surface area contributed by atoms with Gasteiger partial charge in [0, 0.05) is 13.1 Å². The molecular weight excluding hydrogens is 280 g/mol. The Bertz CT molecular complexity index is 664. The van der Waals surface area contributed by atoms with Gasteiger partial charge in [-0.2, -0.15) is 0 Å². The number of fused-ring (bicyclic) bond motifs is 1. The second kappa shape index (κ2) is 7.24. The van der Waals surface area contributed by atoms with Crippen molar-refractivity contribution in [2.75, 3.05) is 18.5 Å². The topological polar surface area (TPSA) is 69.0 Å². The van der Waals surface area contributed by atoms with Crippen LogP contribution in [0.5, 0.6) is 0 Å². The fourth-order valence-electron chi connectivity index (χ4n) is 2.46. The van der Waals surface area contributed by atoms with Crippen LogP contribution in [0.25, 0.3) is 11.0 Å². The lowest BCUT2D eigenvalue weighted by atomic mass is 10.1. The average molecular weight is 304 g/mol. The maximum absolute atomic E-state index is 12.3. The van der Waals surface area contributed by atoms with E-state index in [0.717, 1.165) is 42.8 Å². The van der Waals surface area contributed by atoms with Crippen molar-refractivity contribution >= 4 is 22.8 Å². The number of hydrogen-bond acceptors (Lipinski definition) is 5. The SMILES string of the molecule is CCCCNc1nc(C)c(C(=O)OCC)c2c1ncn2CC. The molecule has 120 valence electrons. The number of imidazole rings is 1. The van der Waals surface area contributed by atoms with Gasteiger partial charge in [0.15, 0.2) is 5.82 Å². The van der Waals surface area contributed by atoms with Gasteiger partial charge in [0.25, 0.3) is 0 Å². The van der Waals surface area contributed by atoms with E-state index in [2.05, 4.69) is 22.2 Å². The van der Waals surface area contributed by atoms with Gasteiger partial charge in [0.2, 0.25) is 0 Å². The van der Waals surface area contributed by atoms with Gasteiger partial charge in [-0.05, 0) is 27.2 Å². The molecule has 1 N–H and O–H groups in total. The molecule has 2 heterocycles. The standard InChI is InChI=1S/C16H24N4O2/c1-5-8-9-17-15-13-14(20(6-2)10-18-13)12(11(4)19-15)16(21)22-7-3/h10H,5-9H2,1-4H3,(H,17,19). The zero-order chi connectivity index (χ0) is 16.1. The van der Waals surface area contributed by atoms with Gasteiger partial charge in [-0.25, -0.2) is 14.8 Å². The summed E-state index contributed by atoms with van der Waals surface area (Å²) in [7, 11) is 0. The molecule has 0 saturated heterocycles. The summed E-state index contributed by atoms with van der Waals surface area (Å²) in [4.78, 5) is 21.3. The molecule has 6 nitrogen and oxygen atoms in total. The minimum Gasteiger partial charge on any atom is -0.462 e. The van der Waals surface area contributed by atoms with Crippen molar-refractivity contribution in [3.63, 3.8) is 0 Å². The van der Waals surface area contributed by atoms with Gasteiger partial charge in [-0.3, -0.25) is 0 Å². The van der Waals surface area contributed by atoms with Crippen LogP contribution in [-0.2, 0) is 11.3 Å². The lowest BCUT2D eigenvalue weighted by molar-refractivity contribution is 0.0527. The summed E-state index contributed by atoms with van der Waals surface area (Å²) < 4.78 is 7.14. The summed E-state index contributed by atoms with van der Waals surface area (Å²) in [5, 5.41) is 3.33. The van der Waals surface area contributed by atoms with Crippen LogP contribution in [-0.4, -0.2) is 33.7 Å². The molecule has 0 saturated carbocycles. The van der Waals surface area contributed by atoms with E-state index in [1.54, 1.807) is 13.3 Å². The van der Waals surface area contributed by atoms with Gasteiger partial charge < -0.3 is 14.6 Å². The van der Waals surface area contributed by atoms with Gasteiger partial charge in [-0.15, -0.1) is 0 Å². The third-order valence-corrected chi connectivity index (χ3v) is 3.58. The van der Waals surface area contributed by atoms with Gasteiger partial charge in [0.05, 0.1) is 24.1 Å². The number of carbonyl (C=O) groups is 1. The van der Waals surface area contributed by atoms with E-state index in [4.69, 9.17) is 4.74 Å². The van der Waals surface area contributed by atoms with Crippen molar-refractivity contribution in [1.29, 1.82) is 0 Å². The third kappa shape index (κ3) is 3.05. The molecule has 0 aliphatic rings. The summed E-state index contributed by atoms with van der Waals surface area (Å²) in [6.07, 6.45) is 3.93. The van der Waals surface area contributed by atoms with E-state index in [-0.39, 0.29) is 5.97 Å². The molecule has 0 spiro atoms. The number of hydrogen-bond donors (Lipinski definition) is 1. The smallest absolute Gasteiger partial charge is 0.342 e. The summed E-state index contributed by atoms with van der Waals surface area (Å²) in [5.74, 6) is 0.397. The van der Waals surface area contributed by atoms with Crippen molar-refractivity contribution in [2.45, 2.75) is 47.1 Å². The van der Waals surface area contributed by atoms with Crippen molar-refractivity contribution in [1.82, 2.24) is 14.5 Å². The highest BCUT2D eigenvalue weighted by Crippen LogP contribution is 2.27. The lowest BCUT2D eigenvalue weighted by Crippen LogP contribution is -2.13. The minimum absolute atomic E-state index is 0.340. The monoisotopic (exact) mass is 304 g/mol. The number of esters is 1. The van der Waals surface area contributed by atoms with Crippen LogP contribution in [0, 0.1) is 6.92 Å². The van der Waals surface area contributed by atoms with E-state index >= 15 is 0 Å². The molecule has 2 rings (SSSR count). The third-order valence-electron chi connectivity index (χ3n) is 3.58. The highest BCUT2D eigenvalue weighted by atomic mass is 16.5. The Morgan fingerprint density at radius 3 is 2.77 bits per heavy atom. The number of unbranched alkanes of at least 4 members (excludes halogenated alkanes) is 1. The van der Waals surface area contributed by atoms with Crippen LogP contribution >= 0.6 is 0 Å². The Balaban J connectivity index is 2.56. The predicted molar refractivity (Wildman–Crippen MR) is 87.3 cm³/mol. The van der Waals surface area contributed by atoms with Crippen LogP contribution in [0.3, 0.4) is 0 Å². The number of nitrogens with one attached hydrogen (secondary N) is 1. The number of aryl methyl sites for hydroxylation is 2. The molecule has 0 aliphatic heterocycles. The molecule has 0 aliphatic carbocycles.